The first-order valence-corrected chi connectivity index (χ1v) is 5.60. The Kier molecular flexibility index (Phi) is 2.29. The van der Waals surface area contributed by atoms with Gasteiger partial charge in [-0.15, -0.1) is 0 Å². The standard InChI is InChI=1S/C12H15N3O/c1-14-5-7-15(8-6-14)12-10-3-9-16-11(10)2-4-13-12/h2-4,9H,5-8H2,1H3. The van der Waals surface area contributed by atoms with Gasteiger partial charge >= 0.3 is 0 Å². The van der Waals surface area contributed by atoms with Crippen LogP contribution >= 0.6 is 0 Å². The zero-order chi connectivity index (χ0) is 11.0. The minimum Gasteiger partial charge on any atom is -0.464 e. The molecule has 0 bridgehead atoms. The summed E-state index contributed by atoms with van der Waals surface area (Å²) in [6.45, 7) is 4.26. The molecule has 0 N–H and O–H groups in total. The number of pyridine rings is 1. The average molecular weight is 217 g/mol. The van der Waals surface area contributed by atoms with E-state index in [4.69, 9.17) is 4.42 Å². The molecular formula is C12H15N3O. The largest absolute Gasteiger partial charge is 0.464 e. The maximum absolute atomic E-state index is 5.39. The number of piperazine rings is 1. The van der Waals surface area contributed by atoms with Crippen LogP contribution in [0.5, 0.6) is 0 Å². The van der Waals surface area contributed by atoms with Gasteiger partial charge in [-0.2, -0.15) is 0 Å². The van der Waals surface area contributed by atoms with Crippen LogP contribution in [0.1, 0.15) is 0 Å². The van der Waals surface area contributed by atoms with Crippen molar-refractivity contribution in [3.63, 3.8) is 0 Å². The van der Waals surface area contributed by atoms with E-state index in [-0.39, 0.29) is 0 Å². The van der Waals surface area contributed by atoms with Gasteiger partial charge in [0.1, 0.15) is 11.4 Å². The van der Waals surface area contributed by atoms with Gasteiger partial charge in [0.25, 0.3) is 0 Å². The molecule has 0 spiro atoms. The topological polar surface area (TPSA) is 32.5 Å². The number of nitrogens with zero attached hydrogens (tertiary/aromatic N) is 3. The van der Waals surface area contributed by atoms with E-state index >= 15 is 0 Å². The van der Waals surface area contributed by atoms with Crippen LogP contribution in [0.2, 0.25) is 0 Å². The lowest BCUT2D eigenvalue weighted by atomic mass is 10.2. The van der Waals surface area contributed by atoms with E-state index in [1.54, 1.807) is 6.26 Å². The number of rotatable bonds is 1. The van der Waals surface area contributed by atoms with Crippen LogP contribution in [0.4, 0.5) is 5.82 Å². The van der Waals surface area contributed by atoms with Gasteiger partial charge in [0.15, 0.2) is 0 Å². The minimum atomic E-state index is 0.920. The third-order valence-corrected chi connectivity index (χ3v) is 3.16. The third-order valence-electron chi connectivity index (χ3n) is 3.16. The second-order valence-corrected chi connectivity index (χ2v) is 4.26. The van der Waals surface area contributed by atoms with Gasteiger partial charge < -0.3 is 14.2 Å². The highest BCUT2D eigenvalue weighted by Gasteiger charge is 2.17. The number of hydrogen-bond donors (Lipinski definition) is 0. The van der Waals surface area contributed by atoms with Crippen molar-refractivity contribution in [1.29, 1.82) is 0 Å². The second kappa shape index (κ2) is 3.79. The van der Waals surface area contributed by atoms with Crippen molar-refractivity contribution in [2.45, 2.75) is 0 Å². The van der Waals surface area contributed by atoms with E-state index in [0.29, 0.717) is 0 Å². The highest BCUT2D eigenvalue weighted by atomic mass is 16.3. The van der Waals surface area contributed by atoms with Crippen LogP contribution in [-0.4, -0.2) is 43.1 Å². The summed E-state index contributed by atoms with van der Waals surface area (Å²) in [6, 6.07) is 3.91. The molecule has 1 aliphatic heterocycles. The van der Waals surface area contributed by atoms with Gasteiger partial charge in [0.05, 0.1) is 11.6 Å². The van der Waals surface area contributed by atoms with Gasteiger partial charge in [0.2, 0.25) is 0 Å². The van der Waals surface area contributed by atoms with E-state index in [9.17, 15) is 0 Å². The average Bonchev–Trinajstić information content (AvgIpc) is 2.78. The fourth-order valence-corrected chi connectivity index (χ4v) is 2.15. The Hall–Kier alpha value is -1.55. The van der Waals surface area contributed by atoms with Gasteiger partial charge in [-0.1, -0.05) is 0 Å². The summed E-state index contributed by atoms with van der Waals surface area (Å²) in [5.41, 5.74) is 0.920. The van der Waals surface area contributed by atoms with Crippen molar-refractivity contribution < 1.29 is 4.42 Å². The molecule has 1 saturated heterocycles. The molecule has 0 saturated carbocycles. The highest BCUT2D eigenvalue weighted by Crippen LogP contribution is 2.25. The predicted molar refractivity (Wildman–Crippen MR) is 63.7 cm³/mol. The zero-order valence-electron chi connectivity index (χ0n) is 9.39. The van der Waals surface area contributed by atoms with Gasteiger partial charge in [-0.25, -0.2) is 4.98 Å². The lowest BCUT2D eigenvalue weighted by Gasteiger charge is -2.33. The Morgan fingerprint density at radius 1 is 1.19 bits per heavy atom. The van der Waals surface area contributed by atoms with Gasteiger partial charge in [0, 0.05) is 32.4 Å². The lowest BCUT2D eigenvalue weighted by Crippen LogP contribution is -2.44. The Labute approximate surface area is 94.5 Å². The molecule has 0 atom stereocenters. The van der Waals surface area contributed by atoms with E-state index in [0.717, 1.165) is 43.0 Å². The third kappa shape index (κ3) is 1.55. The molecule has 4 nitrogen and oxygen atoms in total. The van der Waals surface area contributed by atoms with Crippen molar-refractivity contribution in [3.8, 4) is 0 Å². The molecule has 0 radical (unpaired) electrons. The van der Waals surface area contributed by atoms with E-state index in [1.165, 1.54) is 0 Å². The molecule has 1 aliphatic rings. The molecule has 16 heavy (non-hydrogen) atoms. The molecule has 0 aromatic carbocycles. The molecule has 4 heteroatoms. The summed E-state index contributed by atoms with van der Waals surface area (Å²) in [5, 5.41) is 1.12. The molecule has 3 rings (SSSR count). The summed E-state index contributed by atoms with van der Waals surface area (Å²) in [7, 11) is 2.16. The summed E-state index contributed by atoms with van der Waals surface area (Å²) in [6.07, 6.45) is 3.55. The molecule has 2 aromatic rings. The first-order valence-electron chi connectivity index (χ1n) is 5.60. The fourth-order valence-electron chi connectivity index (χ4n) is 2.15. The van der Waals surface area contributed by atoms with Crippen molar-refractivity contribution in [2.75, 3.05) is 38.1 Å². The number of furan rings is 1. The number of likely N-dealkylation sites (N-methyl/N-ethyl adjacent to an activating group) is 1. The maximum Gasteiger partial charge on any atom is 0.139 e. The highest BCUT2D eigenvalue weighted by molar-refractivity contribution is 5.88. The SMILES string of the molecule is CN1CCN(c2nccc3occc23)CC1. The van der Waals surface area contributed by atoms with Crippen LogP contribution in [0, 0.1) is 0 Å². The minimum absolute atomic E-state index is 0.920. The molecule has 84 valence electrons. The predicted octanol–water partition coefficient (Wildman–Crippen LogP) is 1.58. The molecule has 0 aliphatic carbocycles. The van der Waals surface area contributed by atoms with Crippen molar-refractivity contribution >= 4 is 16.8 Å². The summed E-state index contributed by atoms with van der Waals surface area (Å²) >= 11 is 0. The molecule has 3 heterocycles. The quantitative estimate of drug-likeness (QED) is 0.726. The number of hydrogen-bond acceptors (Lipinski definition) is 4. The lowest BCUT2D eigenvalue weighted by molar-refractivity contribution is 0.312. The normalized spacial score (nSPS) is 18.2. The number of aromatic nitrogens is 1. The molecule has 0 amide bonds. The molecular weight excluding hydrogens is 202 g/mol. The zero-order valence-corrected chi connectivity index (χ0v) is 9.39. The van der Waals surface area contributed by atoms with E-state index < -0.39 is 0 Å². The van der Waals surface area contributed by atoms with E-state index in [2.05, 4.69) is 21.8 Å². The summed E-state index contributed by atoms with van der Waals surface area (Å²) in [4.78, 5) is 9.15. The van der Waals surface area contributed by atoms with Gasteiger partial charge in [-0.05, 0) is 19.2 Å². The molecule has 2 aromatic heterocycles. The Morgan fingerprint density at radius 2 is 2.00 bits per heavy atom. The van der Waals surface area contributed by atoms with Crippen LogP contribution in [0.25, 0.3) is 11.0 Å². The summed E-state index contributed by atoms with van der Waals surface area (Å²) in [5.74, 6) is 1.05. The Bertz CT molecular complexity index is 486. The van der Waals surface area contributed by atoms with Crippen LogP contribution in [-0.2, 0) is 0 Å². The van der Waals surface area contributed by atoms with Crippen molar-refractivity contribution in [2.24, 2.45) is 0 Å². The van der Waals surface area contributed by atoms with Gasteiger partial charge in [-0.3, -0.25) is 0 Å². The summed E-state index contributed by atoms with van der Waals surface area (Å²) < 4.78 is 5.39. The first-order chi connectivity index (χ1) is 7.84. The van der Waals surface area contributed by atoms with Crippen LogP contribution in [0.15, 0.2) is 29.0 Å². The van der Waals surface area contributed by atoms with Crippen molar-refractivity contribution in [3.05, 3.63) is 24.6 Å². The van der Waals surface area contributed by atoms with Crippen LogP contribution < -0.4 is 4.90 Å². The Morgan fingerprint density at radius 3 is 2.81 bits per heavy atom. The number of anilines is 1. The van der Waals surface area contributed by atoms with Crippen LogP contribution in [0.3, 0.4) is 0 Å². The second-order valence-electron chi connectivity index (χ2n) is 4.26. The molecule has 1 fully saturated rings. The maximum atomic E-state index is 5.39. The van der Waals surface area contributed by atoms with Crippen molar-refractivity contribution in [1.82, 2.24) is 9.88 Å². The Balaban J connectivity index is 1.96. The monoisotopic (exact) mass is 217 g/mol. The number of fused-ring (bicyclic) bond motifs is 1. The van der Waals surface area contributed by atoms with E-state index in [1.807, 2.05) is 18.3 Å². The smallest absolute Gasteiger partial charge is 0.139 e. The molecule has 0 unspecified atom stereocenters. The first kappa shape index (κ1) is 9.66. The fraction of sp³-hybridized carbons (Fsp3) is 0.417.